The highest BCUT2D eigenvalue weighted by molar-refractivity contribution is 5.96. The summed E-state index contributed by atoms with van der Waals surface area (Å²) in [6.07, 6.45) is -0.331. The molecule has 1 fully saturated rings. The van der Waals surface area contributed by atoms with Crippen LogP contribution in [0.3, 0.4) is 0 Å². The zero-order valence-corrected chi connectivity index (χ0v) is 14.0. The molecule has 1 aliphatic carbocycles. The third-order valence-corrected chi connectivity index (χ3v) is 4.79. The summed E-state index contributed by atoms with van der Waals surface area (Å²) in [5.41, 5.74) is 4.36. The van der Waals surface area contributed by atoms with E-state index in [1.54, 1.807) is 0 Å². The van der Waals surface area contributed by atoms with Crippen LogP contribution in [-0.4, -0.2) is 31.2 Å². The number of carbonyl (C=O) groups is 1. The van der Waals surface area contributed by atoms with Gasteiger partial charge in [-0.1, -0.05) is 48.5 Å². The molecule has 0 spiro atoms. The molecule has 126 valence electrons. The number of amides is 1. The van der Waals surface area contributed by atoms with Crippen molar-refractivity contribution in [2.24, 2.45) is 0 Å². The van der Waals surface area contributed by atoms with E-state index in [2.05, 4.69) is 22.8 Å². The van der Waals surface area contributed by atoms with E-state index in [1.165, 1.54) is 0 Å². The van der Waals surface area contributed by atoms with Crippen molar-refractivity contribution in [3.05, 3.63) is 59.7 Å². The number of fused-ring (bicyclic) bond motifs is 3. The normalized spacial score (nSPS) is 21.7. The van der Waals surface area contributed by atoms with Gasteiger partial charge in [0.1, 0.15) is 6.17 Å². The molecule has 3 nitrogen and oxygen atoms in total. The molecule has 0 saturated carbocycles. The molecule has 4 rings (SSSR count). The van der Waals surface area contributed by atoms with Crippen LogP contribution in [0.4, 0.5) is 4.39 Å². The predicted octanol–water partition coefficient (Wildman–Crippen LogP) is 3.04. The van der Waals surface area contributed by atoms with Crippen molar-refractivity contribution < 1.29 is 9.18 Å². The molecule has 0 aromatic heterocycles. The third kappa shape index (κ3) is 2.92. The second-order valence-electron chi connectivity index (χ2n) is 6.29. The fraction of sp³-hybridized carbons (Fsp3) is 0.316. The highest BCUT2D eigenvalue weighted by atomic mass is 35.5. The lowest BCUT2D eigenvalue weighted by Crippen LogP contribution is -2.39. The predicted molar refractivity (Wildman–Crippen MR) is 95.3 cm³/mol. The van der Waals surface area contributed by atoms with E-state index >= 15 is 0 Å². The van der Waals surface area contributed by atoms with Crippen molar-refractivity contribution in [3.8, 4) is 11.1 Å². The van der Waals surface area contributed by atoms with Gasteiger partial charge in [-0.3, -0.25) is 4.79 Å². The van der Waals surface area contributed by atoms with Gasteiger partial charge in [0, 0.05) is 19.1 Å². The summed E-state index contributed by atoms with van der Waals surface area (Å²) >= 11 is 0. The van der Waals surface area contributed by atoms with Gasteiger partial charge in [-0.05, 0) is 28.7 Å². The molecule has 1 amide bonds. The highest BCUT2D eigenvalue weighted by Gasteiger charge is 2.33. The van der Waals surface area contributed by atoms with Crippen LogP contribution >= 0.6 is 12.4 Å². The average molecular weight is 347 g/mol. The van der Waals surface area contributed by atoms with Crippen molar-refractivity contribution in [2.75, 3.05) is 13.1 Å². The molecular formula is C19H20ClFN2O. The molecule has 2 N–H and O–H groups in total. The van der Waals surface area contributed by atoms with Crippen molar-refractivity contribution in [3.63, 3.8) is 0 Å². The first-order valence-electron chi connectivity index (χ1n) is 8.07. The summed E-state index contributed by atoms with van der Waals surface area (Å²) in [5.74, 6) is -0.281. The van der Waals surface area contributed by atoms with Gasteiger partial charge < -0.3 is 10.6 Å². The van der Waals surface area contributed by atoms with Crippen LogP contribution in [0.15, 0.2) is 48.5 Å². The topological polar surface area (TPSA) is 41.1 Å². The van der Waals surface area contributed by atoms with E-state index in [1.807, 2.05) is 36.4 Å². The molecule has 0 radical (unpaired) electrons. The molecular weight excluding hydrogens is 327 g/mol. The van der Waals surface area contributed by atoms with Crippen molar-refractivity contribution in [2.45, 2.75) is 24.6 Å². The molecule has 0 bridgehead atoms. The van der Waals surface area contributed by atoms with Crippen molar-refractivity contribution >= 4 is 18.3 Å². The summed E-state index contributed by atoms with van der Waals surface area (Å²) < 4.78 is 13.2. The standard InChI is InChI=1S/C19H19FN2O.ClH/c20-12-9-13(21-10-12)11-22-19(23)18-16-7-3-1-5-14(16)15-6-2-4-8-17(15)18;/h1-8,12-13,18,21H,9-11H2,(H,22,23);1H/t12-,13-;/m0./s1. The minimum absolute atomic E-state index is 0. The maximum Gasteiger partial charge on any atom is 0.232 e. The number of benzene rings is 2. The van der Waals surface area contributed by atoms with Gasteiger partial charge in [0.05, 0.1) is 5.92 Å². The summed E-state index contributed by atoms with van der Waals surface area (Å²) in [5, 5.41) is 6.10. The van der Waals surface area contributed by atoms with Gasteiger partial charge in [-0.2, -0.15) is 0 Å². The van der Waals surface area contributed by atoms with Gasteiger partial charge in [0.15, 0.2) is 0 Å². The first kappa shape index (κ1) is 16.9. The molecule has 1 aliphatic heterocycles. The molecule has 2 aromatic rings. The number of halogens is 2. The average Bonchev–Trinajstić information content (AvgIpc) is 3.14. The second-order valence-corrected chi connectivity index (χ2v) is 6.29. The van der Waals surface area contributed by atoms with Gasteiger partial charge >= 0.3 is 0 Å². The van der Waals surface area contributed by atoms with Crippen LogP contribution in [0, 0.1) is 0 Å². The lowest BCUT2D eigenvalue weighted by Gasteiger charge is -2.16. The van der Waals surface area contributed by atoms with Crippen LogP contribution in [0.5, 0.6) is 0 Å². The monoisotopic (exact) mass is 346 g/mol. The Kier molecular flexibility index (Phi) is 4.88. The molecule has 0 unspecified atom stereocenters. The van der Waals surface area contributed by atoms with Crippen LogP contribution in [0.25, 0.3) is 11.1 Å². The third-order valence-electron chi connectivity index (χ3n) is 4.79. The van der Waals surface area contributed by atoms with Gasteiger partial charge in [0.2, 0.25) is 5.91 Å². The fourth-order valence-corrected chi connectivity index (χ4v) is 3.69. The fourth-order valence-electron chi connectivity index (χ4n) is 3.69. The Hall–Kier alpha value is -1.91. The van der Waals surface area contributed by atoms with E-state index in [4.69, 9.17) is 0 Å². The minimum Gasteiger partial charge on any atom is -0.354 e. The molecule has 1 heterocycles. The lowest BCUT2D eigenvalue weighted by atomic mass is 9.96. The first-order chi connectivity index (χ1) is 11.2. The Morgan fingerprint density at radius 1 is 1.08 bits per heavy atom. The first-order valence-corrected chi connectivity index (χ1v) is 8.07. The smallest absolute Gasteiger partial charge is 0.232 e. The van der Waals surface area contributed by atoms with Crippen LogP contribution in [0.1, 0.15) is 23.5 Å². The minimum atomic E-state index is -0.801. The summed E-state index contributed by atoms with van der Waals surface area (Å²) in [7, 11) is 0. The molecule has 2 atom stereocenters. The van der Waals surface area contributed by atoms with Gasteiger partial charge in [0.25, 0.3) is 0 Å². The molecule has 24 heavy (non-hydrogen) atoms. The number of alkyl halides is 1. The Bertz CT molecular complexity index is 706. The lowest BCUT2D eigenvalue weighted by molar-refractivity contribution is -0.121. The van der Waals surface area contributed by atoms with Crippen molar-refractivity contribution in [1.29, 1.82) is 0 Å². The number of carbonyl (C=O) groups excluding carboxylic acids is 1. The number of rotatable bonds is 3. The summed E-state index contributed by atoms with van der Waals surface area (Å²) in [6, 6.07) is 16.1. The van der Waals surface area contributed by atoms with E-state index in [9.17, 15) is 9.18 Å². The van der Waals surface area contributed by atoms with Gasteiger partial charge in [-0.25, -0.2) is 4.39 Å². The Morgan fingerprint density at radius 2 is 1.67 bits per heavy atom. The Morgan fingerprint density at radius 3 is 2.21 bits per heavy atom. The zero-order chi connectivity index (χ0) is 15.8. The molecule has 1 saturated heterocycles. The van der Waals surface area contributed by atoms with E-state index in [0.717, 1.165) is 22.3 Å². The molecule has 2 aromatic carbocycles. The van der Waals surface area contributed by atoms with E-state index in [-0.39, 0.29) is 30.3 Å². The number of hydrogen-bond acceptors (Lipinski definition) is 2. The van der Waals surface area contributed by atoms with E-state index in [0.29, 0.717) is 19.5 Å². The quantitative estimate of drug-likeness (QED) is 0.897. The van der Waals surface area contributed by atoms with Crippen LogP contribution in [-0.2, 0) is 4.79 Å². The Balaban J connectivity index is 0.00000169. The molecule has 2 aliphatic rings. The van der Waals surface area contributed by atoms with E-state index < -0.39 is 6.17 Å². The largest absolute Gasteiger partial charge is 0.354 e. The highest BCUT2D eigenvalue weighted by Crippen LogP contribution is 2.44. The van der Waals surface area contributed by atoms with Gasteiger partial charge in [-0.15, -0.1) is 12.4 Å². The molecule has 5 heteroatoms. The van der Waals surface area contributed by atoms with Crippen molar-refractivity contribution in [1.82, 2.24) is 10.6 Å². The number of hydrogen-bond donors (Lipinski definition) is 2. The van der Waals surface area contributed by atoms with Crippen LogP contribution in [0.2, 0.25) is 0 Å². The maximum atomic E-state index is 13.2. The zero-order valence-electron chi connectivity index (χ0n) is 13.2. The Labute approximate surface area is 147 Å². The maximum absolute atomic E-state index is 13.2. The van der Waals surface area contributed by atoms with Crippen LogP contribution < -0.4 is 10.6 Å². The second kappa shape index (κ2) is 6.91. The summed E-state index contributed by atoms with van der Waals surface area (Å²) in [6.45, 7) is 0.857. The number of nitrogens with one attached hydrogen (secondary N) is 2. The SMILES string of the molecule is Cl.O=C(NC[C@@H]1C[C@H](F)CN1)C1c2ccccc2-c2ccccc21. The summed E-state index contributed by atoms with van der Waals surface area (Å²) in [4.78, 5) is 12.8.